The number of nitrogens with one attached hydrogen (secondary N) is 1. The molecule has 0 bridgehead atoms. The van der Waals surface area contributed by atoms with Crippen molar-refractivity contribution in [2.75, 3.05) is 31.2 Å². The first kappa shape index (κ1) is 17.8. The highest BCUT2D eigenvalue weighted by atomic mass is 16.5. The van der Waals surface area contributed by atoms with Crippen LogP contribution in [0.5, 0.6) is 0 Å². The van der Waals surface area contributed by atoms with E-state index in [0.717, 1.165) is 77.7 Å². The van der Waals surface area contributed by atoms with E-state index in [9.17, 15) is 0 Å². The summed E-state index contributed by atoms with van der Waals surface area (Å²) in [5.41, 5.74) is 5.03. The number of anilines is 1. The highest BCUT2D eigenvalue weighted by molar-refractivity contribution is 5.95. The second kappa shape index (κ2) is 7.60. The first-order chi connectivity index (χ1) is 14.3. The van der Waals surface area contributed by atoms with Crippen molar-refractivity contribution in [3.8, 4) is 22.6 Å². The van der Waals surface area contributed by atoms with E-state index in [2.05, 4.69) is 49.1 Å². The first-order valence-electron chi connectivity index (χ1n) is 9.90. The number of fused-ring (bicyclic) bond motifs is 1. The van der Waals surface area contributed by atoms with Crippen molar-refractivity contribution in [1.29, 1.82) is 0 Å². The SMILES string of the molecule is CCc1cnc(-c2ccc3[nH]nc(-c4ccnc(N5CCOCC5)c4)c3c2)nc1. The van der Waals surface area contributed by atoms with Gasteiger partial charge in [-0.2, -0.15) is 5.10 Å². The second-order valence-corrected chi connectivity index (χ2v) is 7.10. The lowest BCUT2D eigenvalue weighted by Crippen LogP contribution is -2.36. The monoisotopic (exact) mass is 386 g/mol. The Balaban J connectivity index is 1.53. The molecule has 146 valence electrons. The number of pyridine rings is 1. The smallest absolute Gasteiger partial charge is 0.159 e. The molecule has 7 nitrogen and oxygen atoms in total. The molecule has 0 atom stereocenters. The lowest BCUT2D eigenvalue weighted by molar-refractivity contribution is 0.122. The molecule has 1 fully saturated rings. The Kier molecular flexibility index (Phi) is 4.65. The number of aromatic nitrogens is 5. The quantitative estimate of drug-likeness (QED) is 0.578. The van der Waals surface area contributed by atoms with Crippen LogP contribution in [0.1, 0.15) is 12.5 Å². The standard InChI is InChI=1S/C22H22N6O/c1-2-15-13-24-22(25-14-15)17-3-4-19-18(11-17)21(27-26-19)16-5-6-23-20(12-16)28-7-9-29-10-8-28/h3-6,11-14H,2,7-10H2,1H3,(H,26,27). The van der Waals surface area contributed by atoms with Gasteiger partial charge in [0, 0.05) is 48.2 Å². The number of aryl methyl sites for hydroxylation is 1. The molecule has 0 aliphatic carbocycles. The Morgan fingerprint density at radius 1 is 1.00 bits per heavy atom. The molecule has 1 N–H and O–H groups in total. The molecule has 1 aliphatic heterocycles. The van der Waals surface area contributed by atoms with Crippen LogP contribution in [0.3, 0.4) is 0 Å². The number of morpholine rings is 1. The van der Waals surface area contributed by atoms with E-state index in [-0.39, 0.29) is 0 Å². The number of rotatable bonds is 4. The zero-order valence-electron chi connectivity index (χ0n) is 16.3. The third kappa shape index (κ3) is 3.45. The van der Waals surface area contributed by atoms with Gasteiger partial charge in [0.2, 0.25) is 0 Å². The number of H-pyrrole nitrogens is 1. The van der Waals surface area contributed by atoms with Gasteiger partial charge in [0.1, 0.15) is 11.5 Å². The van der Waals surface area contributed by atoms with E-state index in [1.807, 2.05) is 36.8 Å². The maximum Gasteiger partial charge on any atom is 0.159 e. The number of ether oxygens (including phenoxy) is 1. The summed E-state index contributed by atoms with van der Waals surface area (Å²) in [4.78, 5) is 15.8. The fourth-order valence-corrected chi connectivity index (χ4v) is 3.59. The average molecular weight is 386 g/mol. The fraction of sp³-hybridized carbons (Fsp3) is 0.273. The predicted octanol–water partition coefficient (Wildman–Crippen LogP) is 3.48. The van der Waals surface area contributed by atoms with E-state index in [1.54, 1.807) is 0 Å². The van der Waals surface area contributed by atoms with Gasteiger partial charge in [-0.3, -0.25) is 5.10 Å². The first-order valence-corrected chi connectivity index (χ1v) is 9.90. The van der Waals surface area contributed by atoms with E-state index in [0.29, 0.717) is 0 Å². The summed E-state index contributed by atoms with van der Waals surface area (Å²) in [5.74, 6) is 1.68. The van der Waals surface area contributed by atoms with Crippen LogP contribution in [0.4, 0.5) is 5.82 Å². The largest absolute Gasteiger partial charge is 0.378 e. The minimum absolute atomic E-state index is 0.722. The molecule has 0 amide bonds. The highest BCUT2D eigenvalue weighted by Gasteiger charge is 2.15. The van der Waals surface area contributed by atoms with Gasteiger partial charge in [0.05, 0.1) is 18.7 Å². The molecule has 4 aromatic rings. The molecule has 0 radical (unpaired) electrons. The van der Waals surface area contributed by atoms with Crippen LogP contribution < -0.4 is 4.90 Å². The van der Waals surface area contributed by atoms with Crippen molar-refractivity contribution in [1.82, 2.24) is 25.1 Å². The number of hydrogen-bond donors (Lipinski definition) is 1. The third-order valence-electron chi connectivity index (χ3n) is 5.29. The number of nitrogens with zero attached hydrogens (tertiary/aromatic N) is 5. The van der Waals surface area contributed by atoms with E-state index in [4.69, 9.17) is 4.74 Å². The zero-order valence-corrected chi connectivity index (χ0v) is 16.3. The topological polar surface area (TPSA) is 79.8 Å². The lowest BCUT2D eigenvalue weighted by Gasteiger charge is -2.27. The molecule has 1 saturated heterocycles. The Morgan fingerprint density at radius 2 is 1.83 bits per heavy atom. The van der Waals surface area contributed by atoms with Crippen LogP contribution in [0.2, 0.25) is 0 Å². The molecule has 5 rings (SSSR count). The number of aromatic amines is 1. The van der Waals surface area contributed by atoms with Crippen molar-refractivity contribution < 1.29 is 4.74 Å². The van der Waals surface area contributed by atoms with Crippen LogP contribution in [-0.2, 0) is 11.2 Å². The van der Waals surface area contributed by atoms with E-state index < -0.39 is 0 Å². The molecule has 4 heterocycles. The minimum atomic E-state index is 0.722. The van der Waals surface area contributed by atoms with Gasteiger partial charge < -0.3 is 9.64 Å². The normalized spacial score (nSPS) is 14.4. The molecule has 7 heteroatoms. The van der Waals surface area contributed by atoms with Gasteiger partial charge in [0.25, 0.3) is 0 Å². The van der Waals surface area contributed by atoms with Crippen LogP contribution >= 0.6 is 0 Å². The van der Waals surface area contributed by atoms with Crippen LogP contribution in [0, 0.1) is 0 Å². The van der Waals surface area contributed by atoms with Crippen molar-refractivity contribution in [3.63, 3.8) is 0 Å². The molecule has 1 aliphatic rings. The Hall–Kier alpha value is -3.32. The summed E-state index contributed by atoms with van der Waals surface area (Å²) < 4.78 is 5.45. The van der Waals surface area contributed by atoms with Crippen molar-refractivity contribution in [2.24, 2.45) is 0 Å². The van der Waals surface area contributed by atoms with Crippen molar-refractivity contribution in [3.05, 3.63) is 54.5 Å². The average Bonchev–Trinajstić information content (AvgIpc) is 3.23. The molecular formula is C22H22N6O. The van der Waals surface area contributed by atoms with Gasteiger partial charge in [-0.15, -0.1) is 0 Å². The van der Waals surface area contributed by atoms with E-state index in [1.165, 1.54) is 0 Å². The van der Waals surface area contributed by atoms with Crippen molar-refractivity contribution >= 4 is 16.7 Å². The summed E-state index contributed by atoms with van der Waals surface area (Å²) >= 11 is 0. The molecular weight excluding hydrogens is 364 g/mol. The Bertz CT molecular complexity index is 1130. The van der Waals surface area contributed by atoms with Gasteiger partial charge in [-0.25, -0.2) is 15.0 Å². The Morgan fingerprint density at radius 3 is 2.62 bits per heavy atom. The van der Waals surface area contributed by atoms with E-state index >= 15 is 0 Å². The lowest BCUT2D eigenvalue weighted by atomic mass is 10.1. The summed E-state index contributed by atoms with van der Waals surface area (Å²) in [5, 5.41) is 8.76. The van der Waals surface area contributed by atoms with Crippen molar-refractivity contribution in [2.45, 2.75) is 13.3 Å². The number of hydrogen-bond acceptors (Lipinski definition) is 6. The fourth-order valence-electron chi connectivity index (χ4n) is 3.59. The third-order valence-corrected chi connectivity index (χ3v) is 5.29. The van der Waals surface area contributed by atoms with Gasteiger partial charge in [0.15, 0.2) is 5.82 Å². The molecule has 29 heavy (non-hydrogen) atoms. The van der Waals surface area contributed by atoms with Crippen LogP contribution in [-0.4, -0.2) is 51.5 Å². The summed E-state index contributed by atoms with van der Waals surface area (Å²) in [6.45, 7) is 5.27. The highest BCUT2D eigenvalue weighted by Crippen LogP contribution is 2.30. The van der Waals surface area contributed by atoms with Crippen LogP contribution in [0.15, 0.2) is 48.9 Å². The maximum absolute atomic E-state index is 5.45. The minimum Gasteiger partial charge on any atom is -0.378 e. The molecule has 3 aromatic heterocycles. The molecule has 0 unspecified atom stereocenters. The summed E-state index contributed by atoms with van der Waals surface area (Å²) in [6, 6.07) is 10.3. The molecule has 0 spiro atoms. The molecule has 0 saturated carbocycles. The Labute approximate surface area is 168 Å². The van der Waals surface area contributed by atoms with Gasteiger partial charge in [-0.05, 0) is 42.3 Å². The summed E-state index contributed by atoms with van der Waals surface area (Å²) in [7, 11) is 0. The maximum atomic E-state index is 5.45. The van der Waals surface area contributed by atoms with Crippen LogP contribution in [0.25, 0.3) is 33.5 Å². The van der Waals surface area contributed by atoms with Gasteiger partial charge >= 0.3 is 0 Å². The molecule has 1 aromatic carbocycles. The van der Waals surface area contributed by atoms with Gasteiger partial charge in [-0.1, -0.05) is 6.92 Å². The second-order valence-electron chi connectivity index (χ2n) is 7.10. The zero-order chi connectivity index (χ0) is 19.6. The summed E-state index contributed by atoms with van der Waals surface area (Å²) in [6.07, 6.45) is 6.55. The number of benzene rings is 1. The predicted molar refractivity (Wildman–Crippen MR) is 113 cm³/mol.